The van der Waals surface area contributed by atoms with Crippen molar-refractivity contribution in [2.75, 3.05) is 4.90 Å². The first-order valence-electron chi connectivity index (χ1n) is 9.38. The van der Waals surface area contributed by atoms with Crippen LogP contribution in [0.3, 0.4) is 0 Å². The van der Waals surface area contributed by atoms with Crippen molar-refractivity contribution in [2.45, 2.75) is 31.2 Å². The van der Waals surface area contributed by atoms with Crippen LogP contribution >= 0.6 is 0 Å². The van der Waals surface area contributed by atoms with Crippen molar-refractivity contribution in [3.8, 4) is 16.9 Å². The van der Waals surface area contributed by atoms with Gasteiger partial charge in [0.2, 0.25) is 5.91 Å². The van der Waals surface area contributed by atoms with Crippen LogP contribution in [0.15, 0.2) is 77.7 Å². The second-order valence-corrected chi connectivity index (χ2v) is 8.68. The van der Waals surface area contributed by atoms with Crippen LogP contribution in [0.4, 0.5) is 5.69 Å². The van der Waals surface area contributed by atoms with Gasteiger partial charge in [-0.05, 0) is 48.7 Å². The fourth-order valence-electron chi connectivity index (χ4n) is 3.80. The molecule has 0 aliphatic carbocycles. The summed E-state index contributed by atoms with van der Waals surface area (Å²) in [6, 6.07) is 21.3. The average molecular weight is 407 g/mol. The van der Waals surface area contributed by atoms with Crippen molar-refractivity contribution in [1.82, 2.24) is 0 Å². The number of hydrogen-bond donors (Lipinski definition) is 0. The summed E-state index contributed by atoms with van der Waals surface area (Å²) in [5.74, 6) is 0.220. The highest BCUT2D eigenvalue weighted by atomic mass is 32.2. The van der Waals surface area contributed by atoms with Crippen molar-refractivity contribution in [3.63, 3.8) is 0 Å². The Bertz CT molecular complexity index is 1170. The third kappa shape index (κ3) is 3.63. The van der Waals surface area contributed by atoms with E-state index < -0.39 is 10.1 Å². The molecule has 0 fully saturated rings. The molecule has 4 rings (SSSR count). The van der Waals surface area contributed by atoms with E-state index in [0.29, 0.717) is 12.0 Å². The number of rotatable bonds is 4. The van der Waals surface area contributed by atoms with Gasteiger partial charge in [0.05, 0.1) is 0 Å². The normalized spacial score (nSPS) is 15.8. The van der Waals surface area contributed by atoms with Crippen LogP contribution < -0.4 is 9.08 Å². The first kappa shape index (κ1) is 19.2. The molecule has 148 valence electrons. The van der Waals surface area contributed by atoms with Gasteiger partial charge in [-0.1, -0.05) is 48.5 Å². The summed E-state index contributed by atoms with van der Waals surface area (Å²) in [6.45, 7) is 3.46. The summed E-state index contributed by atoms with van der Waals surface area (Å²) in [5.41, 5.74) is 3.16. The Balaban J connectivity index is 1.69. The summed E-state index contributed by atoms with van der Waals surface area (Å²) in [7, 11) is -4.02. The number of benzene rings is 3. The van der Waals surface area contributed by atoms with Crippen molar-refractivity contribution >= 4 is 21.7 Å². The molecular weight excluding hydrogens is 386 g/mol. The quantitative estimate of drug-likeness (QED) is 0.601. The molecule has 0 spiro atoms. The molecule has 0 bridgehead atoms. The maximum Gasteiger partial charge on any atom is 0.339 e. The summed E-state index contributed by atoms with van der Waals surface area (Å²) < 4.78 is 31.5. The molecule has 1 atom stereocenters. The van der Waals surface area contributed by atoms with E-state index >= 15 is 0 Å². The Labute approximate surface area is 170 Å². The molecule has 0 saturated carbocycles. The number of fused-ring (bicyclic) bond motifs is 1. The third-order valence-corrected chi connectivity index (χ3v) is 6.30. The molecule has 1 unspecified atom stereocenters. The predicted molar refractivity (Wildman–Crippen MR) is 112 cm³/mol. The van der Waals surface area contributed by atoms with Crippen LogP contribution in [0.25, 0.3) is 11.1 Å². The second-order valence-electron chi connectivity index (χ2n) is 7.13. The molecule has 3 aromatic rings. The van der Waals surface area contributed by atoms with Crippen LogP contribution in [0.5, 0.6) is 5.75 Å². The summed E-state index contributed by atoms with van der Waals surface area (Å²) in [4.78, 5) is 13.7. The Kier molecular flexibility index (Phi) is 4.88. The fourth-order valence-corrected chi connectivity index (χ4v) is 4.80. The number of anilines is 1. The predicted octanol–water partition coefficient (Wildman–Crippen LogP) is 4.42. The highest BCUT2D eigenvalue weighted by Gasteiger charge is 2.30. The maximum absolute atomic E-state index is 13.0. The fraction of sp³-hybridized carbons (Fsp3) is 0.174. The molecule has 1 heterocycles. The minimum atomic E-state index is -4.02. The van der Waals surface area contributed by atoms with Crippen LogP contribution in [0.2, 0.25) is 0 Å². The lowest BCUT2D eigenvalue weighted by Gasteiger charge is -2.20. The molecule has 0 N–H and O–H groups in total. The first-order valence-corrected chi connectivity index (χ1v) is 10.8. The standard InChI is InChI=1S/C23H21NO4S/c1-16-14-19-15-20(12-13-22(19)24(16)17(2)25)29(26,27)28-23-11-7-6-10-21(23)18-8-4-3-5-9-18/h3-13,15-16H,14H2,1-2H3. The van der Waals surface area contributed by atoms with Gasteiger partial charge in [0.1, 0.15) is 4.90 Å². The maximum atomic E-state index is 13.0. The van der Waals surface area contributed by atoms with Gasteiger partial charge in [-0.25, -0.2) is 0 Å². The number of para-hydroxylation sites is 1. The Morgan fingerprint density at radius 1 is 1.00 bits per heavy atom. The smallest absolute Gasteiger partial charge is 0.339 e. The van der Waals surface area contributed by atoms with Crippen molar-refractivity contribution in [1.29, 1.82) is 0 Å². The van der Waals surface area contributed by atoms with Gasteiger partial charge in [0.25, 0.3) is 0 Å². The largest absolute Gasteiger partial charge is 0.378 e. The lowest BCUT2D eigenvalue weighted by atomic mass is 10.1. The number of hydrogen-bond acceptors (Lipinski definition) is 4. The summed E-state index contributed by atoms with van der Waals surface area (Å²) in [6.07, 6.45) is 0.610. The zero-order chi connectivity index (χ0) is 20.6. The summed E-state index contributed by atoms with van der Waals surface area (Å²) in [5, 5.41) is 0. The minimum absolute atomic E-state index is 0.000166. The van der Waals surface area contributed by atoms with E-state index in [1.54, 1.807) is 29.2 Å². The van der Waals surface area contributed by atoms with E-state index in [1.165, 1.54) is 13.0 Å². The van der Waals surface area contributed by atoms with Crippen LogP contribution in [0, 0.1) is 0 Å². The van der Waals surface area contributed by atoms with Gasteiger partial charge in [-0.2, -0.15) is 8.42 Å². The lowest BCUT2D eigenvalue weighted by molar-refractivity contribution is -0.116. The van der Waals surface area contributed by atoms with Crippen molar-refractivity contribution in [3.05, 3.63) is 78.4 Å². The van der Waals surface area contributed by atoms with Gasteiger partial charge in [-0.15, -0.1) is 0 Å². The van der Waals surface area contributed by atoms with Crippen LogP contribution in [-0.4, -0.2) is 20.4 Å². The molecule has 6 heteroatoms. The van der Waals surface area contributed by atoms with Gasteiger partial charge in [0, 0.05) is 24.2 Å². The van der Waals surface area contributed by atoms with E-state index in [2.05, 4.69) is 0 Å². The van der Waals surface area contributed by atoms with Gasteiger partial charge in [-0.3, -0.25) is 4.79 Å². The average Bonchev–Trinajstić information content (AvgIpc) is 3.04. The van der Waals surface area contributed by atoms with E-state index in [-0.39, 0.29) is 22.6 Å². The monoisotopic (exact) mass is 407 g/mol. The van der Waals surface area contributed by atoms with Gasteiger partial charge >= 0.3 is 10.1 Å². The first-order chi connectivity index (χ1) is 13.9. The zero-order valence-corrected chi connectivity index (χ0v) is 17.0. The zero-order valence-electron chi connectivity index (χ0n) is 16.2. The van der Waals surface area contributed by atoms with Crippen LogP contribution in [0.1, 0.15) is 19.4 Å². The van der Waals surface area contributed by atoms with Gasteiger partial charge < -0.3 is 9.08 Å². The third-order valence-electron chi connectivity index (χ3n) is 5.07. The molecule has 1 aliphatic rings. The molecule has 1 aliphatic heterocycles. The van der Waals surface area contributed by atoms with Crippen molar-refractivity contribution in [2.24, 2.45) is 0 Å². The molecular formula is C23H21NO4S. The van der Waals surface area contributed by atoms with E-state index in [0.717, 1.165) is 16.8 Å². The Morgan fingerprint density at radius 2 is 1.69 bits per heavy atom. The Hall–Kier alpha value is -3.12. The van der Waals surface area contributed by atoms with Gasteiger partial charge in [0.15, 0.2) is 5.75 Å². The number of amides is 1. The topological polar surface area (TPSA) is 63.7 Å². The molecule has 3 aromatic carbocycles. The number of nitrogens with zero attached hydrogens (tertiary/aromatic N) is 1. The van der Waals surface area contributed by atoms with E-state index in [9.17, 15) is 13.2 Å². The van der Waals surface area contributed by atoms with Crippen LogP contribution in [-0.2, 0) is 21.3 Å². The van der Waals surface area contributed by atoms with Crippen molar-refractivity contribution < 1.29 is 17.4 Å². The second kappa shape index (κ2) is 7.37. The highest BCUT2D eigenvalue weighted by molar-refractivity contribution is 7.87. The molecule has 29 heavy (non-hydrogen) atoms. The highest BCUT2D eigenvalue weighted by Crippen LogP contribution is 2.36. The Morgan fingerprint density at radius 3 is 2.41 bits per heavy atom. The molecule has 1 amide bonds. The summed E-state index contributed by atoms with van der Waals surface area (Å²) >= 11 is 0. The lowest BCUT2D eigenvalue weighted by Crippen LogP contribution is -2.33. The van der Waals surface area contributed by atoms with E-state index in [1.807, 2.05) is 49.4 Å². The molecule has 0 radical (unpaired) electrons. The SMILES string of the molecule is CC(=O)N1c2ccc(S(=O)(=O)Oc3ccccc3-c3ccccc3)cc2CC1C. The number of carbonyl (C=O) groups excluding carboxylic acids is 1. The number of carbonyl (C=O) groups is 1. The molecule has 0 aromatic heterocycles. The molecule has 5 nitrogen and oxygen atoms in total. The van der Waals surface area contributed by atoms with E-state index in [4.69, 9.17) is 4.18 Å². The minimum Gasteiger partial charge on any atom is -0.378 e. The molecule has 0 saturated heterocycles.